The van der Waals surface area contributed by atoms with Crippen LogP contribution in [0.1, 0.15) is 17.0 Å². The summed E-state index contributed by atoms with van der Waals surface area (Å²) >= 11 is 0. The number of aromatic nitrogens is 4. The molecule has 2 aromatic heterocycles. The number of alkyl halides is 3. The summed E-state index contributed by atoms with van der Waals surface area (Å²) in [6.45, 7) is 3.26. The van der Waals surface area contributed by atoms with Crippen LogP contribution in [0.15, 0.2) is 52.2 Å². The molecule has 3 rings (SSSR count). The first kappa shape index (κ1) is 21.7. The maximum absolute atomic E-state index is 12.8. The number of nitrogens with zero attached hydrogens (tertiary/aromatic N) is 4. The van der Waals surface area contributed by atoms with Gasteiger partial charge in [-0.1, -0.05) is 6.07 Å². The van der Waals surface area contributed by atoms with Crippen molar-refractivity contribution in [1.29, 1.82) is 0 Å². The van der Waals surface area contributed by atoms with E-state index in [0.717, 1.165) is 34.3 Å². The van der Waals surface area contributed by atoms with Crippen molar-refractivity contribution in [2.75, 3.05) is 6.54 Å². The molecule has 0 amide bonds. The van der Waals surface area contributed by atoms with Crippen LogP contribution in [0.2, 0.25) is 0 Å². The van der Waals surface area contributed by atoms with Crippen molar-refractivity contribution in [1.82, 2.24) is 24.3 Å². The largest absolute Gasteiger partial charge is 0.416 e. The Morgan fingerprint density at radius 2 is 1.80 bits per heavy atom. The van der Waals surface area contributed by atoms with Gasteiger partial charge in [-0.2, -0.15) is 18.3 Å². The standard InChI is InChI=1S/C18H18F3N5O3S/c1-12-10-13(2)26(23-12)16-6-7-17(27)25(24-16)9-8-22-30(28,29)15-5-3-4-14(11-15)18(19,20)21/h3-7,10-11,22H,8-9H2,1-2H3. The number of rotatable bonds is 6. The van der Waals surface area contributed by atoms with E-state index >= 15 is 0 Å². The number of hydrogen-bond acceptors (Lipinski definition) is 5. The van der Waals surface area contributed by atoms with Crippen LogP contribution in [0.4, 0.5) is 13.2 Å². The smallest absolute Gasteiger partial charge is 0.268 e. The Hall–Kier alpha value is -2.99. The van der Waals surface area contributed by atoms with Gasteiger partial charge in [0.2, 0.25) is 10.0 Å². The minimum atomic E-state index is -4.66. The van der Waals surface area contributed by atoms with E-state index in [4.69, 9.17) is 0 Å². The number of halogens is 3. The van der Waals surface area contributed by atoms with Gasteiger partial charge in [-0.05, 0) is 44.2 Å². The molecule has 0 bridgehead atoms. The van der Waals surface area contributed by atoms with E-state index in [1.165, 1.54) is 16.8 Å². The van der Waals surface area contributed by atoms with Gasteiger partial charge < -0.3 is 0 Å². The molecule has 0 aliphatic rings. The van der Waals surface area contributed by atoms with Crippen molar-refractivity contribution < 1.29 is 21.6 Å². The number of hydrogen-bond donors (Lipinski definition) is 1. The average Bonchev–Trinajstić information content (AvgIpc) is 3.01. The first-order valence-corrected chi connectivity index (χ1v) is 10.2. The maximum atomic E-state index is 12.8. The number of aryl methyl sites for hydroxylation is 2. The van der Waals surface area contributed by atoms with Crippen LogP contribution >= 0.6 is 0 Å². The Morgan fingerprint density at radius 1 is 1.07 bits per heavy atom. The van der Waals surface area contributed by atoms with Crippen molar-refractivity contribution >= 4 is 10.0 Å². The average molecular weight is 441 g/mol. The van der Waals surface area contributed by atoms with E-state index < -0.39 is 32.2 Å². The topological polar surface area (TPSA) is 98.9 Å². The molecule has 1 N–H and O–H groups in total. The van der Waals surface area contributed by atoms with Gasteiger partial charge in [0.25, 0.3) is 5.56 Å². The molecule has 0 aliphatic heterocycles. The molecule has 0 aliphatic carbocycles. The molecule has 0 radical (unpaired) electrons. The van der Waals surface area contributed by atoms with E-state index in [1.807, 2.05) is 19.9 Å². The van der Waals surface area contributed by atoms with E-state index in [2.05, 4.69) is 14.9 Å². The van der Waals surface area contributed by atoms with E-state index in [0.29, 0.717) is 11.9 Å². The summed E-state index contributed by atoms with van der Waals surface area (Å²) in [5.74, 6) is 0.376. The van der Waals surface area contributed by atoms with Crippen LogP contribution in [0.5, 0.6) is 0 Å². The van der Waals surface area contributed by atoms with Crippen LogP contribution in [0.25, 0.3) is 5.82 Å². The van der Waals surface area contributed by atoms with Crippen molar-refractivity contribution in [3.8, 4) is 5.82 Å². The van der Waals surface area contributed by atoms with Gasteiger partial charge in [0, 0.05) is 18.3 Å². The minimum absolute atomic E-state index is 0.121. The first-order valence-electron chi connectivity index (χ1n) is 8.76. The van der Waals surface area contributed by atoms with Crippen molar-refractivity contribution in [3.05, 3.63) is 69.8 Å². The highest BCUT2D eigenvalue weighted by molar-refractivity contribution is 7.89. The molecule has 30 heavy (non-hydrogen) atoms. The van der Waals surface area contributed by atoms with Crippen LogP contribution < -0.4 is 10.3 Å². The Kier molecular flexibility index (Phi) is 5.81. The van der Waals surface area contributed by atoms with E-state index in [-0.39, 0.29) is 13.1 Å². The normalized spacial score (nSPS) is 12.3. The highest BCUT2D eigenvalue weighted by atomic mass is 32.2. The molecule has 0 atom stereocenters. The SMILES string of the molecule is Cc1cc(C)n(-c2ccc(=O)n(CCNS(=O)(=O)c3cccc(C(F)(F)F)c3)n2)n1. The van der Waals surface area contributed by atoms with Gasteiger partial charge in [0.05, 0.1) is 22.7 Å². The fourth-order valence-corrected chi connectivity index (χ4v) is 3.85. The summed E-state index contributed by atoms with van der Waals surface area (Å²) in [6.07, 6.45) is -4.66. The second-order valence-electron chi connectivity index (χ2n) is 6.52. The highest BCUT2D eigenvalue weighted by Gasteiger charge is 2.31. The zero-order valence-electron chi connectivity index (χ0n) is 16.0. The Morgan fingerprint density at radius 3 is 2.43 bits per heavy atom. The molecular weight excluding hydrogens is 423 g/mol. The van der Waals surface area contributed by atoms with Gasteiger partial charge in [-0.3, -0.25) is 4.79 Å². The fraction of sp³-hybridized carbons (Fsp3) is 0.278. The molecular formula is C18H18F3N5O3S. The van der Waals surface area contributed by atoms with Crippen molar-refractivity contribution in [2.45, 2.75) is 31.5 Å². The van der Waals surface area contributed by atoms with Gasteiger partial charge in [0.15, 0.2) is 5.82 Å². The van der Waals surface area contributed by atoms with Gasteiger partial charge in [-0.25, -0.2) is 22.5 Å². The van der Waals surface area contributed by atoms with Crippen LogP contribution in [-0.4, -0.2) is 34.5 Å². The van der Waals surface area contributed by atoms with Crippen LogP contribution in [0, 0.1) is 13.8 Å². The lowest BCUT2D eigenvalue weighted by molar-refractivity contribution is -0.137. The van der Waals surface area contributed by atoms with Gasteiger partial charge in [0.1, 0.15) is 0 Å². The zero-order chi connectivity index (χ0) is 22.1. The molecule has 1 aromatic carbocycles. The number of benzene rings is 1. The Bertz CT molecular complexity index is 1230. The Balaban J connectivity index is 1.76. The fourth-order valence-electron chi connectivity index (χ4n) is 2.78. The molecule has 0 unspecified atom stereocenters. The summed E-state index contributed by atoms with van der Waals surface area (Å²) in [6, 6.07) is 8.02. The van der Waals surface area contributed by atoms with Crippen LogP contribution in [0.3, 0.4) is 0 Å². The third-order valence-corrected chi connectivity index (χ3v) is 5.63. The van der Waals surface area contributed by atoms with Crippen LogP contribution in [-0.2, 0) is 22.7 Å². The second-order valence-corrected chi connectivity index (χ2v) is 8.28. The molecule has 12 heteroatoms. The highest BCUT2D eigenvalue weighted by Crippen LogP contribution is 2.30. The first-order chi connectivity index (χ1) is 14.0. The third-order valence-electron chi connectivity index (χ3n) is 4.17. The third kappa shape index (κ3) is 4.76. The summed E-state index contributed by atoms with van der Waals surface area (Å²) in [7, 11) is -4.20. The minimum Gasteiger partial charge on any atom is -0.268 e. The number of nitrogens with one attached hydrogen (secondary N) is 1. The molecule has 0 fully saturated rings. The maximum Gasteiger partial charge on any atom is 0.416 e. The molecule has 0 saturated carbocycles. The molecule has 0 spiro atoms. The predicted octanol–water partition coefficient (Wildman–Crippen LogP) is 2.04. The summed E-state index contributed by atoms with van der Waals surface area (Å²) < 4.78 is 67.9. The lowest BCUT2D eigenvalue weighted by atomic mass is 10.2. The van der Waals surface area contributed by atoms with Gasteiger partial charge in [-0.15, -0.1) is 5.10 Å². The molecule has 3 aromatic rings. The second kappa shape index (κ2) is 8.03. The number of sulfonamides is 1. The lowest BCUT2D eigenvalue weighted by Gasteiger charge is -2.11. The van der Waals surface area contributed by atoms with Gasteiger partial charge >= 0.3 is 6.18 Å². The zero-order valence-corrected chi connectivity index (χ0v) is 16.8. The molecule has 2 heterocycles. The molecule has 160 valence electrons. The van der Waals surface area contributed by atoms with E-state index in [1.54, 1.807) is 0 Å². The predicted molar refractivity (Wildman–Crippen MR) is 102 cm³/mol. The molecule has 0 saturated heterocycles. The van der Waals surface area contributed by atoms with E-state index in [9.17, 15) is 26.4 Å². The summed E-state index contributed by atoms with van der Waals surface area (Å²) in [5.41, 5.74) is 0.0377. The summed E-state index contributed by atoms with van der Waals surface area (Å²) in [4.78, 5) is 11.5. The Labute approximate surface area is 170 Å². The lowest BCUT2D eigenvalue weighted by Crippen LogP contribution is -2.32. The summed E-state index contributed by atoms with van der Waals surface area (Å²) in [5, 5.41) is 8.45. The monoisotopic (exact) mass is 441 g/mol. The molecule has 8 nitrogen and oxygen atoms in total. The van der Waals surface area contributed by atoms with Crippen molar-refractivity contribution in [2.24, 2.45) is 0 Å². The van der Waals surface area contributed by atoms with Crippen molar-refractivity contribution in [3.63, 3.8) is 0 Å². The quantitative estimate of drug-likeness (QED) is 0.631.